The third-order valence-electron chi connectivity index (χ3n) is 3.68. The fraction of sp³-hybridized carbons (Fsp3) is 1.00. The molecule has 2 rings (SSSR count). The zero-order valence-electron chi connectivity index (χ0n) is 10.4. The predicted molar refractivity (Wildman–Crippen MR) is 75.5 cm³/mol. The van der Waals surface area contributed by atoms with Crippen LogP contribution in [0.15, 0.2) is 0 Å². The van der Waals surface area contributed by atoms with Crippen LogP contribution in [0, 0.1) is 0 Å². The first-order chi connectivity index (χ1) is 8.18. The van der Waals surface area contributed by atoms with Crippen molar-refractivity contribution >= 4 is 19.9 Å². The van der Waals surface area contributed by atoms with Gasteiger partial charge < -0.3 is 0 Å². The van der Waals surface area contributed by atoms with Crippen LogP contribution >= 0.6 is 8.58 Å². The van der Waals surface area contributed by atoms with Gasteiger partial charge in [0.05, 0.1) is 0 Å². The molecular formula is C12H25O3PS. The molecule has 0 radical (unpaired) electrons. The number of hydrogen-bond acceptors (Lipinski definition) is 1. The average Bonchev–Trinajstić information content (AvgIpc) is 2.31. The standard InChI is InChI=1S/C12H23P.H2O3S/c1-3-7-11(8-4-1)13-12-9-5-2-6-10-12;1-4(2)3/h11-13H,1-10H2;(H2,1,2,3). The van der Waals surface area contributed by atoms with Crippen molar-refractivity contribution in [2.24, 2.45) is 0 Å². The number of rotatable bonds is 2. The zero-order valence-corrected chi connectivity index (χ0v) is 12.3. The van der Waals surface area contributed by atoms with Gasteiger partial charge >= 0.3 is 0 Å². The van der Waals surface area contributed by atoms with Gasteiger partial charge in [-0.05, 0) is 37.0 Å². The van der Waals surface area contributed by atoms with Gasteiger partial charge in [0, 0.05) is 0 Å². The van der Waals surface area contributed by atoms with Crippen molar-refractivity contribution in [1.82, 2.24) is 0 Å². The van der Waals surface area contributed by atoms with E-state index in [4.69, 9.17) is 13.3 Å². The fourth-order valence-electron chi connectivity index (χ4n) is 2.87. The second-order valence-corrected chi connectivity index (χ2v) is 7.50. The van der Waals surface area contributed by atoms with Gasteiger partial charge in [0.25, 0.3) is 11.4 Å². The van der Waals surface area contributed by atoms with Crippen molar-refractivity contribution in [3.05, 3.63) is 0 Å². The summed E-state index contributed by atoms with van der Waals surface area (Å²) < 4.78 is 22.8. The molecule has 0 heterocycles. The first-order valence-electron chi connectivity index (χ1n) is 6.74. The molecule has 3 nitrogen and oxygen atoms in total. The van der Waals surface area contributed by atoms with Crippen LogP contribution in [0.1, 0.15) is 64.2 Å². The Morgan fingerprint density at radius 2 is 1.06 bits per heavy atom. The Labute approximate surface area is 109 Å². The average molecular weight is 280 g/mol. The molecule has 2 aliphatic carbocycles. The summed E-state index contributed by atoms with van der Waals surface area (Å²) in [5.41, 5.74) is 2.30. The molecule has 0 saturated heterocycles. The Morgan fingerprint density at radius 1 is 0.765 bits per heavy atom. The minimum absolute atomic E-state index is 1.15. The van der Waals surface area contributed by atoms with Gasteiger partial charge in [0.15, 0.2) is 0 Å². The lowest BCUT2D eigenvalue weighted by molar-refractivity contribution is 0.454. The lowest BCUT2D eigenvalue weighted by Crippen LogP contribution is -2.14. The van der Waals surface area contributed by atoms with E-state index in [0.29, 0.717) is 0 Å². The molecule has 0 aromatic heterocycles. The number of hydrogen-bond donors (Lipinski definition) is 2. The van der Waals surface area contributed by atoms with Gasteiger partial charge in [0.1, 0.15) is 0 Å². The van der Waals surface area contributed by atoms with Crippen LogP contribution in [-0.4, -0.2) is 24.6 Å². The molecular weight excluding hydrogens is 255 g/mol. The molecule has 0 aromatic carbocycles. The van der Waals surface area contributed by atoms with Crippen molar-refractivity contribution in [1.29, 1.82) is 0 Å². The molecule has 0 atom stereocenters. The second kappa shape index (κ2) is 9.43. The van der Waals surface area contributed by atoms with E-state index in [0.717, 1.165) is 11.3 Å². The summed E-state index contributed by atoms with van der Waals surface area (Å²) in [7, 11) is 1.33. The maximum atomic E-state index is 8.67. The van der Waals surface area contributed by atoms with E-state index >= 15 is 0 Å². The van der Waals surface area contributed by atoms with Crippen LogP contribution in [0.4, 0.5) is 0 Å². The van der Waals surface area contributed by atoms with Crippen LogP contribution in [0.25, 0.3) is 0 Å². The van der Waals surface area contributed by atoms with Gasteiger partial charge in [-0.15, -0.1) is 8.58 Å². The topological polar surface area (TPSA) is 57.5 Å². The molecule has 5 heteroatoms. The van der Waals surface area contributed by atoms with Gasteiger partial charge in [0.2, 0.25) is 0 Å². The summed E-state index contributed by atoms with van der Waals surface area (Å²) in [5, 5.41) is 0. The fourth-order valence-corrected chi connectivity index (χ4v) is 5.02. The largest absolute Gasteiger partial charge is 0.299 e. The molecule has 2 saturated carbocycles. The van der Waals surface area contributed by atoms with E-state index < -0.39 is 11.4 Å². The molecule has 0 aromatic rings. The second-order valence-electron chi connectivity index (χ2n) is 5.07. The Morgan fingerprint density at radius 3 is 1.35 bits per heavy atom. The van der Waals surface area contributed by atoms with Crippen LogP contribution < -0.4 is 0 Å². The van der Waals surface area contributed by atoms with E-state index in [1.54, 1.807) is 25.7 Å². The van der Waals surface area contributed by atoms with Crippen LogP contribution in [-0.2, 0) is 11.4 Å². The molecule has 0 unspecified atom stereocenters. The first kappa shape index (κ1) is 15.6. The highest BCUT2D eigenvalue weighted by Crippen LogP contribution is 2.41. The maximum absolute atomic E-state index is 8.67. The quantitative estimate of drug-likeness (QED) is 0.593. The third-order valence-corrected chi connectivity index (χ3v) is 5.78. The molecule has 2 fully saturated rings. The SMILES string of the molecule is C1CCC(PC2CCCCC2)CC1.O=S(O)O. The maximum Gasteiger partial charge on any atom is 0.299 e. The van der Waals surface area contributed by atoms with E-state index in [1.807, 2.05) is 0 Å². The monoisotopic (exact) mass is 280 g/mol. The summed E-state index contributed by atoms with van der Waals surface area (Å²) in [6, 6.07) is 0. The highest BCUT2D eigenvalue weighted by molar-refractivity contribution is 7.73. The molecule has 0 bridgehead atoms. The predicted octanol–water partition coefficient (Wildman–Crippen LogP) is 4.01. The van der Waals surface area contributed by atoms with Crippen molar-refractivity contribution < 1.29 is 13.3 Å². The van der Waals surface area contributed by atoms with Crippen molar-refractivity contribution in [3.8, 4) is 0 Å². The van der Waals surface area contributed by atoms with Gasteiger partial charge in [-0.1, -0.05) is 38.5 Å². The molecule has 2 aliphatic rings. The Balaban J connectivity index is 0.000000317. The minimum Gasteiger partial charge on any atom is -0.284 e. The zero-order chi connectivity index (χ0) is 12.5. The third kappa shape index (κ3) is 8.25. The molecule has 0 aliphatic heterocycles. The van der Waals surface area contributed by atoms with E-state index in [1.165, 1.54) is 47.1 Å². The summed E-state index contributed by atoms with van der Waals surface area (Å²) >= 11 is -2.61. The lowest BCUT2D eigenvalue weighted by atomic mass is 10.00. The minimum atomic E-state index is -2.61. The van der Waals surface area contributed by atoms with Crippen molar-refractivity contribution in [2.75, 3.05) is 0 Å². The summed E-state index contributed by atoms with van der Waals surface area (Å²) in [4.78, 5) is 0. The molecule has 102 valence electrons. The van der Waals surface area contributed by atoms with Crippen LogP contribution in [0.3, 0.4) is 0 Å². The van der Waals surface area contributed by atoms with E-state index in [9.17, 15) is 0 Å². The van der Waals surface area contributed by atoms with Crippen molar-refractivity contribution in [3.63, 3.8) is 0 Å². The van der Waals surface area contributed by atoms with Gasteiger partial charge in [-0.25, -0.2) is 0 Å². The molecule has 0 amide bonds. The summed E-state index contributed by atoms with van der Waals surface area (Å²) in [6.07, 6.45) is 15.4. The lowest BCUT2D eigenvalue weighted by Gasteiger charge is -2.28. The smallest absolute Gasteiger partial charge is 0.284 e. The highest BCUT2D eigenvalue weighted by atomic mass is 32.2. The molecule has 2 N–H and O–H groups in total. The summed E-state index contributed by atoms with van der Waals surface area (Å²) in [6.45, 7) is 0. The van der Waals surface area contributed by atoms with Gasteiger partial charge in [-0.3, -0.25) is 9.11 Å². The normalized spacial score (nSPS) is 23.2. The van der Waals surface area contributed by atoms with E-state index in [-0.39, 0.29) is 0 Å². The Kier molecular flexibility index (Phi) is 8.63. The van der Waals surface area contributed by atoms with E-state index in [2.05, 4.69) is 0 Å². The van der Waals surface area contributed by atoms with Crippen molar-refractivity contribution in [2.45, 2.75) is 75.5 Å². The van der Waals surface area contributed by atoms with Gasteiger partial charge in [-0.2, -0.15) is 4.21 Å². The first-order valence-corrected chi connectivity index (χ1v) is 8.96. The highest BCUT2D eigenvalue weighted by Gasteiger charge is 2.20. The Bertz CT molecular complexity index is 194. The van der Waals surface area contributed by atoms with Crippen LogP contribution in [0.5, 0.6) is 0 Å². The van der Waals surface area contributed by atoms with Crippen LogP contribution in [0.2, 0.25) is 0 Å². The Hall–Kier alpha value is 0.500. The summed E-state index contributed by atoms with van der Waals surface area (Å²) in [5.74, 6) is 0. The molecule has 17 heavy (non-hydrogen) atoms. The molecule has 0 spiro atoms.